The molecule has 0 aliphatic heterocycles. The number of benzene rings is 1. The molecule has 1 aromatic carbocycles. The molecule has 0 aliphatic carbocycles. The molecule has 6 heteroatoms. The largest absolute Gasteiger partial charge is 0.466 e. The lowest BCUT2D eigenvalue weighted by atomic mass is 10.1. The molecule has 0 saturated heterocycles. The Morgan fingerprint density at radius 3 is 2.29 bits per heavy atom. The summed E-state index contributed by atoms with van der Waals surface area (Å²) >= 11 is 0. The highest BCUT2D eigenvalue weighted by atomic mass is 19.4. The summed E-state index contributed by atoms with van der Waals surface area (Å²) in [7, 11) is 1.27. The molecule has 0 radical (unpaired) electrons. The highest BCUT2D eigenvalue weighted by Crippen LogP contribution is 2.30. The summed E-state index contributed by atoms with van der Waals surface area (Å²) in [5, 5.41) is 2.95. The van der Waals surface area contributed by atoms with Crippen LogP contribution in [-0.2, 0) is 15.7 Å². The lowest BCUT2D eigenvalue weighted by Gasteiger charge is -2.14. The Labute approximate surface area is 121 Å². The van der Waals surface area contributed by atoms with Gasteiger partial charge in [0, 0.05) is 17.5 Å². The average molecular weight is 301 g/mol. The zero-order chi connectivity index (χ0) is 16.0. The minimum atomic E-state index is -4.36. The molecular formula is C15H18F3NO2. The maximum Gasteiger partial charge on any atom is 0.416 e. The second-order valence-corrected chi connectivity index (χ2v) is 4.99. The molecule has 0 fully saturated rings. The lowest BCUT2D eigenvalue weighted by molar-refractivity contribution is -0.137. The summed E-state index contributed by atoms with van der Waals surface area (Å²) < 4.78 is 42.0. The smallest absolute Gasteiger partial charge is 0.416 e. The van der Waals surface area contributed by atoms with Gasteiger partial charge >= 0.3 is 12.1 Å². The van der Waals surface area contributed by atoms with Gasteiger partial charge in [-0.05, 0) is 36.6 Å². The number of methoxy groups -OCH3 is 1. The molecule has 3 nitrogen and oxygen atoms in total. The predicted octanol–water partition coefficient (Wildman–Crippen LogP) is 4.22. The number of nitrogens with one attached hydrogen (secondary N) is 1. The number of ether oxygens (including phenoxy) is 1. The van der Waals surface area contributed by atoms with Crippen molar-refractivity contribution in [2.45, 2.75) is 26.4 Å². The highest BCUT2D eigenvalue weighted by molar-refractivity contribution is 5.83. The number of hydrogen-bond acceptors (Lipinski definition) is 3. The molecule has 1 rings (SSSR count). The van der Waals surface area contributed by atoms with E-state index in [0.717, 1.165) is 12.1 Å². The van der Waals surface area contributed by atoms with Gasteiger partial charge in [0.1, 0.15) is 0 Å². The van der Waals surface area contributed by atoms with Gasteiger partial charge in [-0.2, -0.15) is 13.2 Å². The number of carbonyl (C=O) groups excluding carboxylic acids is 1. The van der Waals surface area contributed by atoms with Gasteiger partial charge in [-0.15, -0.1) is 0 Å². The molecule has 0 unspecified atom stereocenters. The number of rotatable bonds is 5. The minimum Gasteiger partial charge on any atom is -0.466 e. The summed E-state index contributed by atoms with van der Waals surface area (Å²) in [5.41, 5.74) is 0.366. The van der Waals surface area contributed by atoms with E-state index in [0.29, 0.717) is 17.8 Å². The van der Waals surface area contributed by atoms with Crippen LogP contribution in [0.3, 0.4) is 0 Å². The van der Waals surface area contributed by atoms with Crippen molar-refractivity contribution in [1.29, 1.82) is 0 Å². The first-order valence-electron chi connectivity index (χ1n) is 6.45. The average Bonchev–Trinajstić information content (AvgIpc) is 2.37. The predicted molar refractivity (Wildman–Crippen MR) is 74.6 cm³/mol. The van der Waals surface area contributed by atoms with E-state index in [2.05, 4.69) is 10.1 Å². The van der Waals surface area contributed by atoms with Crippen LogP contribution in [0, 0.1) is 5.92 Å². The fourth-order valence-electron chi connectivity index (χ4n) is 1.71. The van der Waals surface area contributed by atoms with Crippen LogP contribution in [0.5, 0.6) is 0 Å². The fraction of sp³-hybridized carbons (Fsp3) is 0.400. The van der Waals surface area contributed by atoms with Crippen LogP contribution in [0.4, 0.5) is 18.9 Å². The van der Waals surface area contributed by atoms with Crippen molar-refractivity contribution in [3.8, 4) is 0 Å². The number of hydrogen-bond donors (Lipinski definition) is 1. The second-order valence-electron chi connectivity index (χ2n) is 4.99. The third-order valence-corrected chi connectivity index (χ3v) is 2.64. The van der Waals surface area contributed by atoms with E-state index in [4.69, 9.17) is 0 Å². The first-order chi connectivity index (χ1) is 9.72. The van der Waals surface area contributed by atoms with Crippen molar-refractivity contribution in [1.82, 2.24) is 0 Å². The zero-order valence-electron chi connectivity index (χ0n) is 12.1. The van der Waals surface area contributed by atoms with E-state index < -0.39 is 17.7 Å². The van der Waals surface area contributed by atoms with Crippen molar-refractivity contribution in [2.24, 2.45) is 5.92 Å². The summed E-state index contributed by atoms with van der Waals surface area (Å²) in [6.07, 6.45) is -2.48. The topological polar surface area (TPSA) is 38.3 Å². The lowest BCUT2D eigenvalue weighted by Crippen LogP contribution is -2.08. The molecule has 0 aromatic heterocycles. The zero-order valence-corrected chi connectivity index (χ0v) is 12.1. The molecule has 1 aromatic rings. The van der Waals surface area contributed by atoms with Crippen molar-refractivity contribution in [3.63, 3.8) is 0 Å². The summed E-state index contributed by atoms with van der Waals surface area (Å²) in [6, 6.07) is 4.64. The van der Waals surface area contributed by atoms with Crippen LogP contribution in [-0.4, -0.2) is 13.1 Å². The van der Waals surface area contributed by atoms with Crippen molar-refractivity contribution in [2.75, 3.05) is 12.4 Å². The third-order valence-electron chi connectivity index (χ3n) is 2.64. The van der Waals surface area contributed by atoms with Gasteiger partial charge in [-0.1, -0.05) is 13.8 Å². The molecule has 0 saturated carbocycles. The maximum atomic E-state index is 12.5. The quantitative estimate of drug-likeness (QED) is 0.653. The van der Waals surface area contributed by atoms with Gasteiger partial charge in [0.05, 0.1) is 12.7 Å². The number of allylic oxidation sites excluding steroid dienone is 1. The van der Waals surface area contributed by atoms with Crippen LogP contribution in [0.15, 0.2) is 36.0 Å². The summed E-state index contributed by atoms with van der Waals surface area (Å²) in [5.74, 6) is -0.229. The Morgan fingerprint density at radius 2 is 1.86 bits per heavy atom. The van der Waals surface area contributed by atoms with Gasteiger partial charge in [0.15, 0.2) is 0 Å². The molecule has 116 valence electrons. The van der Waals surface area contributed by atoms with E-state index >= 15 is 0 Å². The monoisotopic (exact) mass is 301 g/mol. The highest BCUT2D eigenvalue weighted by Gasteiger charge is 2.29. The minimum absolute atomic E-state index is 0.280. The van der Waals surface area contributed by atoms with E-state index in [1.807, 2.05) is 13.8 Å². The van der Waals surface area contributed by atoms with Crippen LogP contribution in [0.1, 0.15) is 25.8 Å². The first kappa shape index (κ1) is 17.1. The maximum absolute atomic E-state index is 12.5. The van der Waals surface area contributed by atoms with Crippen molar-refractivity contribution < 1.29 is 22.7 Å². The Balaban J connectivity index is 2.88. The number of halogens is 3. The van der Waals surface area contributed by atoms with Gasteiger partial charge < -0.3 is 10.1 Å². The Hall–Kier alpha value is -1.98. The number of carbonyl (C=O) groups is 1. The van der Waals surface area contributed by atoms with Crippen molar-refractivity contribution in [3.05, 3.63) is 41.6 Å². The number of anilines is 1. The van der Waals surface area contributed by atoms with E-state index in [9.17, 15) is 18.0 Å². The van der Waals surface area contributed by atoms with Gasteiger partial charge in [0.2, 0.25) is 0 Å². The number of esters is 1. The molecule has 0 bridgehead atoms. The molecule has 0 heterocycles. The van der Waals surface area contributed by atoms with E-state index in [1.165, 1.54) is 25.3 Å². The summed E-state index contributed by atoms with van der Waals surface area (Å²) in [6.45, 7) is 3.94. The molecule has 0 spiro atoms. The van der Waals surface area contributed by atoms with E-state index in [-0.39, 0.29) is 5.92 Å². The van der Waals surface area contributed by atoms with Crippen LogP contribution in [0.25, 0.3) is 0 Å². The molecule has 0 aliphatic rings. The Kier molecular flexibility index (Phi) is 5.81. The van der Waals surface area contributed by atoms with Crippen LogP contribution >= 0.6 is 0 Å². The van der Waals surface area contributed by atoms with Crippen LogP contribution in [0.2, 0.25) is 0 Å². The van der Waals surface area contributed by atoms with Gasteiger partial charge in [-0.25, -0.2) is 4.79 Å². The Morgan fingerprint density at radius 1 is 1.29 bits per heavy atom. The van der Waals surface area contributed by atoms with Crippen LogP contribution < -0.4 is 5.32 Å². The van der Waals surface area contributed by atoms with Gasteiger partial charge in [-0.3, -0.25) is 0 Å². The molecule has 21 heavy (non-hydrogen) atoms. The van der Waals surface area contributed by atoms with E-state index in [1.54, 1.807) is 0 Å². The molecule has 0 amide bonds. The molecule has 1 N–H and O–H groups in total. The Bertz CT molecular complexity index is 505. The molecular weight excluding hydrogens is 283 g/mol. The summed E-state index contributed by atoms with van der Waals surface area (Å²) in [4.78, 5) is 11.3. The first-order valence-corrected chi connectivity index (χ1v) is 6.45. The normalized spacial score (nSPS) is 12.4. The standard InChI is InChI=1S/C15H18F3NO2/c1-10(2)8-13(9-14(20)21-3)19-12-6-4-11(5-7-12)15(16,17)18/h4-7,9-10,19H,8H2,1-3H3. The van der Waals surface area contributed by atoms with Gasteiger partial charge in [0.25, 0.3) is 0 Å². The SMILES string of the molecule is COC(=O)C=C(CC(C)C)Nc1ccc(C(F)(F)F)cc1. The van der Waals surface area contributed by atoms with Crippen molar-refractivity contribution >= 4 is 11.7 Å². The fourth-order valence-corrected chi connectivity index (χ4v) is 1.71. The molecule has 0 atom stereocenters. The number of alkyl halides is 3. The second kappa shape index (κ2) is 7.15. The third kappa shape index (κ3) is 5.89.